The molecule has 1 unspecified atom stereocenters. The molecule has 1 saturated carbocycles. The van der Waals surface area contributed by atoms with E-state index in [2.05, 4.69) is 20.7 Å². The first-order chi connectivity index (χ1) is 8.53. The van der Waals surface area contributed by atoms with Gasteiger partial charge in [-0.15, -0.1) is 11.3 Å². The Balaban J connectivity index is 2.10. The number of nitrogens with one attached hydrogen (secondary N) is 1. The molecule has 1 atom stereocenters. The Morgan fingerprint density at radius 3 is 2.61 bits per heavy atom. The van der Waals surface area contributed by atoms with Gasteiger partial charge in [-0.3, -0.25) is 0 Å². The molecule has 0 amide bonds. The van der Waals surface area contributed by atoms with Gasteiger partial charge < -0.3 is 5.73 Å². The number of hydrogen-bond donors (Lipinski definition) is 2. The molecule has 0 aromatic carbocycles. The lowest BCUT2D eigenvalue weighted by molar-refractivity contribution is 0.406. The molecule has 0 spiro atoms. The first-order valence-corrected chi connectivity index (χ1v) is 9.10. The molecule has 1 aliphatic rings. The van der Waals surface area contributed by atoms with Gasteiger partial charge in [-0.05, 0) is 46.8 Å². The lowest BCUT2D eigenvalue weighted by Crippen LogP contribution is -2.44. The van der Waals surface area contributed by atoms with Crippen molar-refractivity contribution in [2.24, 2.45) is 11.7 Å². The maximum Gasteiger partial charge on any atom is 0.250 e. The third-order valence-corrected chi connectivity index (χ3v) is 6.95. The maximum absolute atomic E-state index is 12.2. The number of nitrogens with two attached hydrogens (primary N) is 1. The van der Waals surface area contributed by atoms with E-state index in [9.17, 15) is 8.42 Å². The Bertz CT molecular complexity index is 495. The highest BCUT2D eigenvalue weighted by molar-refractivity contribution is 9.11. The standard InChI is InChI=1S/C11H17BrN2O2S2/c12-10-5-6-11(17-10)18(15,16)14-9(7-13)8-3-1-2-4-8/h5-6,8-9,14H,1-4,7,13H2. The topological polar surface area (TPSA) is 72.2 Å². The van der Waals surface area contributed by atoms with Crippen LogP contribution in [0.2, 0.25) is 0 Å². The molecular formula is C11H17BrN2O2S2. The van der Waals surface area contributed by atoms with E-state index in [-0.39, 0.29) is 6.04 Å². The summed E-state index contributed by atoms with van der Waals surface area (Å²) in [6.07, 6.45) is 4.48. The zero-order valence-corrected chi connectivity index (χ0v) is 13.2. The molecule has 3 N–H and O–H groups in total. The van der Waals surface area contributed by atoms with Crippen molar-refractivity contribution < 1.29 is 8.42 Å². The Morgan fingerprint density at radius 2 is 2.11 bits per heavy atom. The summed E-state index contributed by atoms with van der Waals surface area (Å²) in [6.45, 7) is 0.358. The van der Waals surface area contributed by atoms with Crippen LogP contribution < -0.4 is 10.5 Å². The van der Waals surface area contributed by atoms with Gasteiger partial charge in [-0.2, -0.15) is 0 Å². The quantitative estimate of drug-likeness (QED) is 0.853. The minimum absolute atomic E-state index is 0.140. The lowest BCUT2D eigenvalue weighted by atomic mass is 9.99. The van der Waals surface area contributed by atoms with E-state index in [0.29, 0.717) is 16.7 Å². The summed E-state index contributed by atoms with van der Waals surface area (Å²) in [5.74, 6) is 0.383. The molecule has 1 heterocycles. The average Bonchev–Trinajstić information content (AvgIpc) is 2.96. The van der Waals surface area contributed by atoms with E-state index < -0.39 is 10.0 Å². The summed E-state index contributed by atoms with van der Waals surface area (Å²) in [4.78, 5) is 0. The van der Waals surface area contributed by atoms with Crippen molar-refractivity contribution in [3.8, 4) is 0 Å². The summed E-state index contributed by atoms with van der Waals surface area (Å²) in [5.41, 5.74) is 5.71. The molecule has 102 valence electrons. The second kappa shape index (κ2) is 6.00. The van der Waals surface area contributed by atoms with E-state index in [1.54, 1.807) is 12.1 Å². The molecule has 4 nitrogen and oxygen atoms in total. The van der Waals surface area contributed by atoms with Crippen molar-refractivity contribution in [1.29, 1.82) is 0 Å². The fourth-order valence-corrected chi connectivity index (χ4v) is 5.74. The van der Waals surface area contributed by atoms with Crippen LogP contribution in [0.4, 0.5) is 0 Å². The largest absolute Gasteiger partial charge is 0.329 e. The van der Waals surface area contributed by atoms with E-state index in [0.717, 1.165) is 16.6 Å². The van der Waals surface area contributed by atoms with Crippen LogP contribution in [-0.2, 0) is 10.0 Å². The van der Waals surface area contributed by atoms with Crippen molar-refractivity contribution in [3.05, 3.63) is 15.9 Å². The zero-order chi connectivity index (χ0) is 13.2. The molecule has 0 saturated heterocycles. The van der Waals surface area contributed by atoms with Crippen molar-refractivity contribution in [2.75, 3.05) is 6.54 Å². The van der Waals surface area contributed by atoms with E-state index >= 15 is 0 Å². The van der Waals surface area contributed by atoms with Gasteiger partial charge in [0.15, 0.2) is 0 Å². The fraction of sp³-hybridized carbons (Fsp3) is 0.636. The lowest BCUT2D eigenvalue weighted by Gasteiger charge is -2.22. The van der Waals surface area contributed by atoms with E-state index in [1.165, 1.54) is 24.2 Å². The van der Waals surface area contributed by atoms with Gasteiger partial charge in [0.1, 0.15) is 4.21 Å². The first kappa shape index (κ1) is 14.5. The van der Waals surface area contributed by atoms with E-state index in [1.807, 2.05) is 0 Å². The predicted octanol–water partition coefficient (Wildman–Crippen LogP) is 2.31. The van der Waals surface area contributed by atoms with Gasteiger partial charge in [0.25, 0.3) is 0 Å². The van der Waals surface area contributed by atoms with Crippen LogP contribution in [-0.4, -0.2) is 21.0 Å². The minimum atomic E-state index is -3.43. The van der Waals surface area contributed by atoms with Crippen LogP contribution in [0.25, 0.3) is 0 Å². The van der Waals surface area contributed by atoms with Crippen LogP contribution in [0, 0.1) is 5.92 Å². The van der Waals surface area contributed by atoms with Crippen molar-refractivity contribution in [3.63, 3.8) is 0 Å². The molecule has 0 aliphatic heterocycles. The Morgan fingerprint density at radius 1 is 1.44 bits per heavy atom. The molecule has 2 rings (SSSR count). The van der Waals surface area contributed by atoms with Gasteiger partial charge in [0.2, 0.25) is 10.0 Å². The van der Waals surface area contributed by atoms with Gasteiger partial charge in [-0.1, -0.05) is 12.8 Å². The summed E-state index contributed by atoms with van der Waals surface area (Å²) >= 11 is 4.49. The molecule has 0 bridgehead atoms. The highest BCUT2D eigenvalue weighted by atomic mass is 79.9. The second-order valence-corrected chi connectivity index (χ2v) is 8.97. The number of sulfonamides is 1. The highest BCUT2D eigenvalue weighted by Gasteiger charge is 2.28. The molecule has 1 aromatic rings. The fourth-order valence-electron chi connectivity index (χ4n) is 2.40. The van der Waals surface area contributed by atoms with Crippen LogP contribution in [0.3, 0.4) is 0 Å². The molecular weight excluding hydrogens is 336 g/mol. The molecule has 0 radical (unpaired) electrons. The minimum Gasteiger partial charge on any atom is -0.329 e. The average molecular weight is 353 g/mol. The zero-order valence-electron chi connectivity index (χ0n) is 9.93. The molecule has 1 fully saturated rings. The summed E-state index contributed by atoms with van der Waals surface area (Å²) < 4.78 is 28.3. The van der Waals surface area contributed by atoms with Crippen molar-refractivity contribution >= 4 is 37.3 Å². The SMILES string of the molecule is NCC(NS(=O)(=O)c1ccc(Br)s1)C1CCCC1. The third kappa shape index (κ3) is 3.33. The van der Waals surface area contributed by atoms with Gasteiger partial charge in [0.05, 0.1) is 3.79 Å². The normalized spacial score (nSPS) is 19.2. The molecule has 1 aliphatic carbocycles. The van der Waals surface area contributed by atoms with Gasteiger partial charge in [-0.25, -0.2) is 13.1 Å². The second-order valence-electron chi connectivity index (χ2n) is 4.57. The van der Waals surface area contributed by atoms with Crippen LogP contribution in [0.15, 0.2) is 20.1 Å². The molecule has 18 heavy (non-hydrogen) atoms. The van der Waals surface area contributed by atoms with Crippen LogP contribution in [0.1, 0.15) is 25.7 Å². The monoisotopic (exact) mass is 352 g/mol. The van der Waals surface area contributed by atoms with Gasteiger partial charge >= 0.3 is 0 Å². The maximum atomic E-state index is 12.2. The summed E-state index contributed by atoms with van der Waals surface area (Å²) in [5, 5.41) is 0. The Hall–Kier alpha value is 0.0500. The number of hydrogen-bond acceptors (Lipinski definition) is 4. The van der Waals surface area contributed by atoms with Crippen LogP contribution >= 0.6 is 27.3 Å². The Kier molecular flexibility index (Phi) is 4.82. The third-order valence-electron chi connectivity index (χ3n) is 3.34. The van der Waals surface area contributed by atoms with Crippen molar-refractivity contribution in [2.45, 2.75) is 35.9 Å². The Labute approximate surface area is 120 Å². The number of halogens is 1. The summed E-state index contributed by atoms with van der Waals surface area (Å²) in [7, 11) is -3.43. The smallest absolute Gasteiger partial charge is 0.250 e. The first-order valence-electron chi connectivity index (χ1n) is 6.00. The number of rotatable bonds is 5. The van der Waals surface area contributed by atoms with Crippen molar-refractivity contribution in [1.82, 2.24) is 4.72 Å². The molecule has 7 heteroatoms. The van der Waals surface area contributed by atoms with Gasteiger partial charge in [0, 0.05) is 12.6 Å². The van der Waals surface area contributed by atoms with Crippen LogP contribution in [0.5, 0.6) is 0 Å². The molecule has 1 aromatic heterocycles. The summed E-state index contributed by atoms with van der Waals surface area (Å²) in [6, 6.07) is 3.21. The van der Waals surface area contributed by atoms with E-state index in [4.69, 9.17) is 5.73 Å². The number of thiophene rings is 1. The predicted molar refractivity (Wildman–Crippen MR) is 77.1 cm³/mol. The highest BCUT2D eigenvalue weighted by Crippen LogP contribution is 2.30.